The highest BCUT2D eigenvalue weighted by Gasteiger charge is 2.60. The molecule has 6 aliphatic heterocycles. The molecule has 33 heteroatoms. The molecular weight excluding hydrogens is 1320 g/mol. The Balaban J connectivity index is 1.39. The van der Waals surface area contributed by atoms with Crippen LogP contribution < -0.4 is 0 Å². The molecule has 0 bridgehead atoms. The highest BCUT2D eigenvalue weighted by molar-refractivity contribution is 5.88. The first-order valence-corrected chi connectivity index (χ1v) is 34.4. The standard InChI is InChI=1S/C66H110O33/c1-13-22-36(24-21-19-17-18-20-23-35(69)25-39(70)84-12)89-63-53(43(74)40(71)31(8)85-63)97-64-55(45(76)42(73)37(26-67)90-64)98-66-57(94-60(83)30(7)16-4)56(52(34(11)88-66)95-61-48(79)46(77)50(32(9)86-61)92-58(81)28(5)14-2)99-65-54(44(75)41(72)38(27-68)91-65)96-62-49(80)47(78)51(33(10)87-62)93-59(82)29(6)15-3/h14-15,30-38,40-57,61-69,71-80H,13,16-27H2,1-12H3/b28-14+,29-15+/t30-,31-,32-,33+,34-,35-,36-,37+,38-,40+,41-,42+,43+,44+,45-,46-,47+,48-,49+,50+,51+,52-,53-,54-,55+,56+,57+,61+,62-,63+,64-,65+,66+/m0/s1. The maximum Gasteiger partial charge on any atom is 0.333 e. The minimum atomic E-state index is -2.16. The number of aliphatic hydroxyl groups excluding tert-OH is 13. The zero-order chi connectivity index (χ0) is 73.4. The van der Waals surface area contributed by atoms with Crippen LogP contribution in [0, 0.1) is 5.92 Å². The molecule has 33 nitrogen and oxygen atoms in total. The van der Waals surface area contributed by atoms with Gasteiger partial charge in [0.1, 0.15) is 104 Å². The summed E-state index contributed by atoms with van der Waals surface area (Å²) in [5, 5.41) is 148. The molecule has 0 aliphatic carbocycles. The molecule has 0 amide bonds. The number of carbonyl (C=O) groups is 4. The van der Waals surface area contributed by atoms with Crippen molar-refractivity contribution in [3.05, 3.63) is 23.3 Å². The first-order chi connectivity index (χ1) is 46.9. The number of unbranched alkanes of at least 4 members (excludes halogenated alkanes) is 4. The van der Waals surface area contributed by atoms with Crippen LogP contribution in [0.3, 0.4) is 0 Å². The van der Waals surface area contributed by atoms with Crippen LogP contribution in [0.5, 0.6) is 0 Å². The molecule has 0 aromatic rings. The van der Waals surface area contributed by atoms with E-state index in [0.29, 0.717) is 38.5 Å². The second-order valence-corrected chi connectivity index (χ2v) is 26.4. The van der Waals surface area contributed by atoms with Gasteiger partial charge in [-0.1, -0.05) is 71.4 Å². The predicted molar refractivity (Wildman–Crippen MR) is 336 cm³/mol. The second kappa shape index (κ2) is 39.5. The molecule has 572 valence electrons. The van der Waals surface area contributed by atoms with Crippen molar-refractivity contribution in [2.75, 3.05) is 20.3 Å². The summed E-state index contributed by atoms with van der Waals surface area (Å²) in [4.78, 5) is 51.9. The summed E-state index contributed by atoms with van der Waals surface area (Å²) in [7, 11) is 1.25. The molecule has 13 N–H and O–H groups in total. The fraction of sp³-hybridized carbons (Fsp3) is 0.879. The Morgan fingerprint density at radius 1 is 0.444 bits per heavy atom. The first-order valence-electron chi connectivity index (χ1n) is 34.4. The average molecular weight is 1430 g/mol. The Bertz CT molecular complexity index is 2550. The lowest BCUT2D eigenvalue weighted by atomic mass is 9.95. The van der Waals surface area contributed by atoms with Gasteiger partial charge in [0.25, 0.3) is 0 Å². The van der Waals surface area contributed by atoms with Crippen molar-refractivity contribution >= 4 is 23.9 Å². The van der Waals surface area contributed by atoms with Crippen LogP contribution >= 0.6 is 0 Å². The van der Waals surface area contributed by atoms with Gasteiger partial charge in [0.05, 0.1) is 69.3 Å². The van der Waals surface area contributed by atoms with E-state index in [-0.39, 0.29) is 24.0 Å². The van der Waals surface area contributed by atoms with Crippen molar-refractivity contribution in [3.8, 4) is 0 Å². The van der Waals surface area contributed by atoms with Gasteiger partial charge in [-0.15, -0.1) is 0 Å². The van der Waals surface area contributed by atoms with Crippen LogP contribution in [0.15, 0.2) is 23.3 Å². The smallest absolute Gasteiger partial charge is 0.333 e. The number of esters is 4. The summed E-state index contributed by atoms with van der Waals surface area (Å²) >= 11 is 0. The number of rotatable bonds is 33. The summed E-state index contributed by atoms with van der Waals surface area (Å²) in [5.74, 6) is -4.11. The Morgan fingerprint density at radius 3 is 1.30 bits per heavy atom. The fourth-order valence-corrected chi connectivity index (χ4v) is 12.3. The van der Waals surface area contributed by atoms with Crippen molar-refractivity contribution in [3.63, 3.8) is 0 Å². The van der Waals surface area contributed by atoms with Crippen molar-refractivity contribution in [2.45, 2.75) is 343 Å². The molecule has 99 heavy (non-hydrogen) atoms. The summed E-state index contributed by atoms with van der Waals surface area (Å²) in [6.45, 7) is 14.8. The van der Waals surface area contributed by atoms with Gasteiger partial charge in [0, 0.05) is 11.1 Å². The Labute approximate surface area is 576 Å². The van der Waals surface area contributed by atoms with E-state index >= 15 is 0 Å². The third-order valence-corrected chi connectivity index (χ3v) is 19.1. The molecule has 6 heterocycles. The number of allylic oxidation sites excluding steroid dienone is 2. The lowest BCUT2D eigenvalue weighted by Gasteiger charge is -2.52. The Kier molecular flexibility index (Phi) is 33.6. The lowest BCUT2D eigenvalue weighted by Crippen LogP contribution is -2.69. The monoisotopic (exact) mass is 1430 g/mol. The molecule has 0 spiro atoms. The quantitative estimate of drug-likeness (QED) is 0.0154. The van der Waals surface area contributed by atoms with Gasteiger partial charge >= 0.3 is 23.9 Å². The van der Waals surface area contributed by atoms with E-state index in [1.54, 1.807) is 20.8 Å². The number of hydrogen-bond acceptors (Lipinski definition) is 33. The van der Waals surface area contributed by atoms with Crippen molar-refractivity contribution in [1.82, 2.24) is 0 Å². The van der Waals surface area contributed by atoms with E-state index < -0.39 is 239 Å². The van der Waals surface area contributed by atoms with Gasteiger partial charge in [0.2, 0.25) is 0 Å². The molecule has 0 unspecified atom stereocenters. The van der Waals surface area contributed by atoms with Crippen LogP contribution in [-0.4, -0.2) is 307 Å². The molecule has 33 atom stereocenters. The molecule has 6 aliphatic rings. The van der Waals surface area contributed by atoms with E-state index in [4.69, 9.17) is 71.1 Å². The largest absolute Gasteiger partial charge is 0.469 e. The molecule has 6 saturated heterocycles. The number of aliphatic hydroxyl groups is 13. The average Bonchev–Trinajstić information content (AvgIpc) is 0.763. The Morgan fingerprint density at radius 2 is 0.838 bits per heavy atom. The summed E-state index contributed by atoms with van der Waals surface area (Å²) in [6, 6.07) is 0. The third-order valence-electron chi connectivity index (χ3n) is 19.1. The minimum Gasteiger partial charge on any atom is -0.469 e. The van der Waals surface area contributed by atoms with E-state index in [0.717, 1.165) is 19.3 Å². The van der Waals surface area contributed by atoms with Crippen LogP contribution in [0.25, 0.3) is 0 Å². The Hall–Kier alpha value is -3.64. The van der Waals surface area contributed by atoms with E-state index in [2.05, 4.69) is 4.74 Å². The number of carbonyl (C=O) groups excluding carboxylic acids is 4. The van der Waals surface area contributed by atoms with Crippen LogP contribution in [0.4, 0.5) is 0 Å². The van der Waals surface area contributed by atoms with Crippen molar-refractivity contribution in [2.24, 2.45) is 5.92 Å². The topological polar surface area (TPSA) is 479 Å². The lowest BCUT2D eigenvalue weighted by molar-refractivity contribution is -0.414. The summed E-state index contributed by atoms with van der Waals surface area (Å²) < 4.78 is 98.0. The van der Waals surface area contributed by atoms with Crippen LogP contribution in [0.1, 0.15) is 147 Å². The molecule has 0 aromatic carbocycles. The third kappa shape index (κ3) is 21.5. The number of ether oxygens (including phenoxy) is 16. The maximum atomic E-state index is 14.5. The summed E-state index contributed by atoms with van der Waals surface area (Å²) in [5.41, 5.74) is 0.323. The van der Waals surface area contributed by atoms with Gasteiger partial charge in [-0.05, 0) is 81.1 Å². The highest BCUT2D eigenvalue weighted by Crippen LogP contribution is 2.41. The number of hydrogen-bond donors (Lipinski definition) is 13. The number of methoxy groups -OCH3 is 1. The highest BCUT2D eigenvalue weighted by atomic mass is 16.8. The SMILES string of the molecule is C/C=C(\C)C(=O)O[C@H]1[C@@H](O)[C@H](O)[C@@H](O[C@@H]2[C@@H](O[C@H]3O[C@@H](CO)[C@H](O)[C@@H](O)[C@@H]3O[C@@H]3O[C@H](C)[C@@H](OC(=O)/C(C)=C/C)[C@H](O)[C@H]3O)[C@@H](OC(=O)[C@@H](C)CC)[C@@H](O[C@H]3[C@H](O[C@@H]4[C@@H](O[C@@H](CCC)CCCCCCC[C@H](O)CC(=O)OC)O[C@@H](C)[C@@H](O)[C@H]4O)O[C@H](CO)[C@@H](O)[C@@H]3O)O[C@H]2C)O[C@H]1C. The van der Waals surface area contributed by atoms with E-state index in [1.165, 1.54) is 67.7 Å². The van der Waals surface area contributed by atoms with Crippen LogP contribution in [0.2, 0.25) is 0 Å². The first kappa shape index (κ1) is 84.3. The zero-order valence-corrected chi connectivity index (χ0v) is 58.4. The van der Waals surface area contributed by atoms with Crippen molar-refractivity contribution in [1.29, 1.82) is 0 Å². The van der Waals surface area contributed by atoms with Gasteiger partial charge in [-0.3, -0.25) is 9.59 Å². The summed E-state index contributed by atoms with van der Waals surface area (Å²) in [6.07, 6.45) is -47.0. The van der Waals surface area contributed by atoms with Crippen molar-refractivity contribution < 1.29 is 161 Å². The normalized spacial score (nSPS) is 41.1. The van der Waals surface area contributed by atoms with E-state index in [9.17, 15) is 85.6 Å². The molecular formula is C66H110O33. The van der Waals surface area contributed by atoms with Gasteiger partial charge in [-0.25, -0.2) is 9.59 Å². The van der Waals surface area contributed by atoms with E-state index in [1.807, 2.05) is 6.92 Å². The predicted octanol–water partition coefficient (Wildman–Crippen LogP) is -1.51. The fourth-order valence-electron chi connectivity index (χ4n) is 12.3. The minimum absolute atomic E-state index is 0.100. The second-order valence-electron chi connectivity index (χ2n) is 26.4. The molecule has 6 fully saturated rings. The molecule has 6 rings (SSSR count). The van der Waals surface area contributed by atoms with Gasteiger partial charge in [-0.2, -0.15) is 0 Å². The van der Waals surface area contributed by atoms with Crippen LogP contribution in [-0.2, 0) is 95.0 Å². The molecule has 0 radical (unpaired) electrons. The zero-order valence-electron chi connectivity index (χ0n) is 58.4. The molecule has 0 saturated carbocycles. The molecule has 0 aromatic heterocycles. The van der Waals surface area contributed by atoms with Gasteiger partial charge < -0.3 is 142 Å². The maximum absolute atomic E-state index is 14.5. The van der Waals surface area contributed by atoms with Gasteiger partial charge in [0.15, 0.2) is 56.1 Å².